The molecule has 0 unspecified atom stereocenters. The Kier molecular flexibility index (Phi) is 2.71. The van der Waals surface area contributed by atoms with Crippen molar-refractivity contribution in [2.75, 3.05) is 5.32 Å². The lowest BCUT2D eigenvalue weighted by molar-refractivity contribution is 0.475. The fourth-order valence-corrected chi connectivity index (χ4v) is 1.33. The molecule has 0 saturated heterocycles. The fourth-order valence-electron chi connectivity index (χ4n) is 1.33. The Labute approximate surface area is 88.1 Å². The van der Waals surface area contributed by atoms with Crippen LogP contribution in [0.25, 0.3) is 0 Å². The highest BCUT2D eigenvalue weighted by molar-refractivity contribution is 5.24. The molecule has 2 heterocycles. The van der Waals surface area contributed by atoms with Gasteiger partial charge in [0, 0.05) is 13.5 Å². The van der Waals surface area contributed by atoms with Gasteiger partial charge >= 0.3 is 0 Å². The fraction of sp³-hybridized carbons (Fsp3) is 0.400. The molecular formula is C10H14N4O. The molecule has 0 aliphatic rings. The van der Waals surface area contributed by atoms with Crippen LogP contribution in [0.15, 0.2) is 22.9 Å². The molecule has 0 amide bonds. The van der Waals surface area contributed by atoms with Crippen LogP contribution in [0.2, 0.25) is 0 Å². The SMILES string of the molecule is CCc1ccc(CNc2ncnn2C)o1. The molecule has 0 atom stereocenters. The van der Waals surface area contributed by atoms with Crippen LogP contribution in [0.5, 0.6) is 0 Å². The minimum atomic E-state index is 0.631. The van der Waals surface area contributed by atoms with Gasteiger partial charge in [0.25, 0.3) is 0 Å². The van der Waals surface area contributed by atoms with E-state index in [1.54, 1.807) is 4.68 Å². The Morgan fingerprint density at radius 2 is 2.20 bits per heavy atom. The second kappa shape index (κ2) is 4.16. The number of furan rings is 1. The molecule has 2 aromatic rings. The van der Waals surface area contributed by atoms with E-state index in [2.05, 4.69) is 22.3 Å². The van der Waals surface area contributed by atoms with Crippen molar-refractivity contribution in [3.05, 3.63) is 30.0 Å². The lowest BCUT2D eigenvalue weighted by Crippen LogP contribution is -2.04. The van der Waals surface area contributed by atoms with Crippen molar-refractivity contribution >= 4 is 5.95 Å². The van der Waals surface area contributed by atoms with Gasteiger partial charge in [-0.05, 0) is 12.1 Å². The standard InChI is InChI=1S/C10H14N4O/c1-3-8-4-5-9(15-8)6-11-10-12-7-13-14(10)2/h4-5,7H,3,6H2,1-2H3,(H,11,12,13). The summed E-state index contributed by atoms with van der Waals surface area (Å²) in [5, 5.41) is 7.10. The molecule has 80 valence electrons. The van der Waals surface area contributed by atoms with Gasteiger partial charge in [-0.3, -0.25) is 0 Å². The van der Waals surface area contributed by atoms with E-state index in [4.69, 9.17) is 4.42 Å². The molecule has 0 saturated carbocycles. The molecule has 2 aromatic heterocycles. The second-order valence-electron chi connectivity index (χ2n) is 3.28. The van der Waals surface area contributed by atoms with Gasteiger partial charge in [0.2, 0.25) is 5.95 Å². The van der Waals surface area contributed by atoms with E-state index in [0.29, 0.717) is 6.54 Å². The first-order valence-electron chi connectivity index (χ1n) is 4.95. The van der Waals surface area contributed by atoms with Crippen molar-refractivity contribution in [1.29, 1.82) is 0 Å². The maximum Gasteiger partial charge on any atom is 0.221 e. The third-order valence-electron chi connectivity index (χ3n) is 2.20. The van der Waals surface area contributed by atoms with Crippen molar-refractivity contribution in [3.8, 4) is 0 Å². The lowest BCUT2D eigenvalue weighted by Gasteiger charge is -2.01. The summed E-state index contributed by atoms with van der Waals surface area (Å²) < 4.78 is 7.24. The van der Waals surface area contributed by atoms with Crippen LogP contribution in [0.4, 0.5) is 5.95 Å². The zero-order valence-corrected chi connectivity index (χ0v) is 8.90. The Hall–Kier alpha value is -1.78. The minimum Gasteiger partial charge on any atom is -0.464 e. The molecule has 0 aliphatic carbocycles. The maximum absolute atomic E-state index is 5.55. The minimum absolute atomic E-state index is 0.631. The molecule has 0 aliphatic heterocycles. The number of aryl methyl sites for hydroxylation is 2. The first-order chi connectivity index (χ1) is 7.29. The highest BCUT2D eigenvalue weighted by atomic mass is 16.3. The van der Waals surface area contributed by atoms with E-state index in [1.807, 2.05) is 19.2 Å². The van der Waals surface area contributed by atoms with E-state index >= 15 is 0 Å². The predicted octanol–water partition coefficient (Wildman–Crippen LogP) is 1.58. The van der Waals surface area contributed by atoms with E-state index < -0.39 is 0 Å². The van der Waals surface area contributed by atoms with Gasteiger partial charge in [0.15, 0.2) is 0 Å². The topological polar surface area (TPSA) is 55.9 Å². The summed E-state index contributed by atoms with van der Waals surface area (Å²) >= 11 is 0. The monoisotopic (exact) mass is 206 g/mol. The molecule has 5 heteroatoms. The van der Waals surface area contributed by atoms with E-state index in [1.165, 1.54) is 6.33 Å². The average molecular weight is 206 g/mol. The summed E-state index contributed by atoms with van der Waals surface area (Å²) in [6.45, 7) is 2.70. The molecule has 0 aromatic carbocycles. The molecule has 2 rings (SSSR count). The van der Waals surface area contributed by atoms with Crippen molar-refractivity contribution in [3.63, 3.8) is 0 Å². The van der Waals surface area contributed by atoms with E-state index in [9.17, 15) is 0 Å². The quantitative estimate of drug-likeness (QED) is 0.825. The first kappa shape index (κ1) is 9.76. The molecule has 15 heavy (non-hydrogen) atoms. The second-order valence-corrected chi connectivity index (χ2v) is 3.28. The summed E-state index contributed by atoms with van der Waals surface area (Å²) in [7, 11) is 1.84. The Bertz CT molecular complexity index is 432. The highest BCUT2D eigenvalue weighted by Gasteiger charge is 2.02. The molecular weight excluding hydrogens is 192 g/mol. The molecule has 0 fully saturated rings. The summed E-state index contributed by atoms with van der Waals surface area (Å²) in [6, 6.07) is 3.97. The van der Waals surface area contributed by atoms with Crippen LogP contribution in [0, 0.1) is 0 Å². The number of nitrogens with zero attached hydrogens (tertiary/aromatic N) is 3. The van der Waals surface area contributed by atoms with Gasteiger partial charge in [0.1, 0.15) is 17.8 Å². The van der Waals surface area contributed by atoms with Gasteiger partial charge in [0.05, 0.1) is 6.54 Å². The summed E-state index contributed by atoms with van der Waals surface area (Å²) in [5.41, 5.74) is 0. The van der Waals surface area contributed by atoms with Gasteiger partial charge in [-0.1, -0.05) is 6.92 Å². The van der Waals surface area contributed by atoms with Crippen LogP contribution >= 0.6 is 0 Å². The van der Waals surface area contributed by atoms with Crippen LogP contribution in [0.3, 0.4) is 0 Å². The van der Waals surface area contributed by atoms with Crippen LogP contribution in [-0.4, -0.2) is 14.8 Å². The van der Waals surface area contributed by atoms with Gasteiger partial charge < -0.3 is 9.73 Å². The predicted molar refractivity (Wildman–Crippen MR) is 56.4 cm³/mol. The van der Waals surface area contributed by atoms with Gasteiger partial charge in [-0.25, -0.2) is 4.68 Å². The number of hydrogen-bond acceptors (Lipinski definition) is 4. The summed E-state index contributed by atoms with van der Waals surface area (Å²) in [5.74, 6) is 2.66. The molecule has 0 radical (unpaired) electrons. The number of hydrogen-bond donors (Lipinski definition) is 1. The molecule has 1 N–H and O–H groups in total. The summed E-state index contributed by atoms with van der Waals surface area (Å²) in [6.07, 6.45) is 2.44. The Morgan fingerprint density at radius 1 is 1.40 bits per heavy atom. The van der Waals surface area contributed by atoms with Crippen molar-refractivity contribution < 1.29 is 4.42 Å². The van der Waals surface area contributed by atoms with Crippen LogP contribution < -0.4 is 5.32 Å². The highest BCUT2D eigenvalue weighted by Crippen LogP contribution is 2.10. The third kappa shape index (κ3) is 2.18. The lowest BCUT2D eigenvalue weighted by atomic mass is 10.3. The third-order valence-corrected chi connectivity index (χ3v) is 2.20. The van der Waals surface area contributed by atoms with Crippen molar-refractivity contribution in [2.24, 2.45) is 7.05 Å². The smallest absolute Gasteiger partial charge is 0.221 e. The van der Waals surface area contributed by atoms with Crippen molar-refractivity contribution in [1.82, 2.24) is 14.8 Å². The van der Waals surface area contributed by atoms with E-state index in [0.717, 1.165) is 23.9 Å². The van der Waals surface area contributed by atoms with Crippen molar-refractivity contribution in [2.45, 2.75) is 19.9 Å². The number of rotatable bonds is 4. The first-order valence-corrected chi connectivity index (χ1v) is 4.95. The number of anilines is 1. The normalized spacial score (nSPS) is 10.5. The Balaban J connectivity index is 1.96. The molecule has 0 bridgehead atoms. The van der Waals surface area contributed by atoms with E-state index in [-0.39, 0.29) is 0 Å². The summed E-state index contributed by atoms with van der Waals surface area (Å²) in [4.78, 5) is 4.06. The zero-order valence-electron chi connectivity index (χ0n) is 8.90. The largest absolute Gasteiger partial charge is 0.464 e. The van der Waals surface area contributed by atoms with Crippen LogP contribution in [-0.2, 0) is 20.0 Å². The molecule has 0 spiro atoms. The van der Waals surface area contributed by atoms with Gasteiger partial charge in [-0.2, -0.15) is 10.1 Å². The number of aromatic nitrogens is 3. The average Bonchev–Trinajstić information content (AvgIpc) is 2.84. The molecule has 5 nitrogen and oxygen atoms in total. The zero-order chi connectivity index (χ0) is 10.7. The van der Waals surface area contributed by atoms with Crippen LogP contribution in [0.1, 0.15) is 18.4 Å². The Morgan fingerprint density at radius 3 is 2.80 bits per heavy atom. The number of nitrogens with one attached hydrogen (secondary N) is 1. The maximum atomic E-state index is 5.55. The van der Waals surface area contributed by atoms with Gasteiger partial charge in [-0.15, -0.1) is 0 Å².